The molecule has 1 N–H and O–H groups in total. The summed E-state index contributed by atoms with van der Waals surface area (Å²) in [6.07, 6.45) is 5.11. The van der Waals surface area contributed by atoms with Gasteiger partial charge in [-0.15, -0.1) is 0 Å². The zero-order valence-electron chi connectivity index (χ0n) is 16.5. The second kappa shape index (κ2) is 7.20. The third kappa shape index (κ3) is 3.39. The number of aromatic nitrogens is 3. The van der Waals surface area contributed by atoms with E-state index in [0.717, 1.165) is 56.5 Å². The maximum Gasteiger partial charge on any atom is 0.324 e. The van der Waals surface area contributed by atoms with Crippen molar-refractivity contribution in [2.45, 2.75) is 26.2 Å². The summed E-state index contributed by atoms with van der Waals surface area (Å²) in [7, 11) is 0. The predicted molar refractivity (Wildman–Crippen MR) is 106 cm³/mol. The molecule has 2 aliphatic heterocycles. The summed E-state index contributed by atoms with van der Waals surface area (Å²) >= 11 is 0. The van der Waals surface area contributed by atoms with Crippen LogP contribution in [0.2, 0.25) is 0 Å². The van der Waals surface area contributed by atoms with Crippen LogP contribution in [0.1, 0.15) is 37.7 Å². The highest BCUT2D eigenvalue weighted by molar-refractivity contribution is 5.63. The van der Waals surface area contributed by atoms with E-state index in [1.807, 2.05) is 12.3 Å². The molecule has 7 nitrogen and oxygen atoms in total. The highest BCUT2D eigenvalue weighted by Crippen LogP contribution is 2.52. The van der Waals surface area contributed by atoms with Crippen LogP contribution < -0.4 is 15.0 Å². The Balaban J connectivity index is 1.11. The first-order valence-corrected chi connectivity index (χ1v) is 10.3. The standard InChI is InChI=1S/C21H27N5O2/c1-13(2)20-24-21(28-25-20)26-10-16-17(11-26)18(16)12-27-15-3-4-19(23-9-15)14-5-7-22-8-6-14/h3-5,9,13,16-18,22H,6-8,10-12H2,1-2H3. The van der Waals surface area contributed by atoms with Crippen LogP contribution >= 0.6 is 0 Å². The molecule has 7 heteroatoms. The fraction of sp³-hybridized carbons (Fsp3) is 0.571. The monoisotopic (exact) mass is 381 g/mol. The molecule has 1 saturated carbocycles. The van der Waals surface area contributed by atoms with Gasteiger partial charge in [-0.2, -0.15) is 4.98 Å². The lowest BCUT2D eigenvalue weighted by molar-refractivity contribution is 0.280. The van der Waals surface area contributed by atoms with Crippen LogP contribution in [0.25, 0.3) is 5.57 Å². The Morgan fingerprint density at radius 3 is 2.79 bits per heavy atom. The molecule has 0 spiro atoms. The van der Waals surface area contributed by atoms with Crippen LogP contribution in [0.5, 0.6) is 5.75 Å². The molecule has 2 fully saturated rings. The maximum absolute atomic E-state index is 6.02. The van der Waals surface area contributed by atoms with Crippen LogP contribution in [-0.4, -0.2) is 47.9 Å². The van der Waals surface area contributed by atoms with Gasteiger partial charge in [0, 0.05) is 31.5 Å². The van der Waals surface area contributed by atoms with E-state index in [4.69, 9.17) is 9.26 Å². The van der Waals surface area contributed by atoms with Crippen LogP contribution in [0.15, 0.2) is 28.9 Å². The predicted octanol–water partition coefficient (Wildman–Crippen LogP) is 2.73. The van der Waals surface area contributed by atoms with Crippen molar-refractivity contribution >= 4 is 11.6 Å². The first-order chi connectivity index (χ1) is 13.7. The number of nitrogens with zero attached hydrogens (tertiary/aromatic N) is 4. The van der Waals surface area contributed by atoms with Crippen LogP contribution in [0, 0.1) is 17.8 Å². The summed E-state index contributed by atoms with van der Waals surface area (Å²) in [4.78, 5) is 11.3. The molecule has 28 heavy (non-hydrogen) atoms. The van der Waals surface area contributed by atoms with Gasteiger partial charge in [-0.05, 0) is 42.5 Å². The number of ether oxygens (including phenoxy) is 1. The van der Waals surface area contributed by atoms with E-state index < -0.39 is 0 Å². The van der Waals surface area contributed by atoms with Gasteiger partial charge in [0.1, 0.15) is 5.75 Å². The Morgan fingerprint density at radius 1 is 1.29 bits per heavy atom. The van der Waals surface area contributed by atoms with Gasteiger partial charge < -0.3 is 19.5 Å². The lowest BCUT2D eigenvalue weighted by atomic mass is 10.1. The SMILES string of the molecule is CC(C)c1noc(N2CC3C(COc4ccc(C5=CCNCC5)nc4)C3C2)n1. The van der Waals surface area contributed by atoms with Gasteiger partial charge in [0.25, 0.3) is 0 Å². The molecule has 2 aromatic rings. The van der Waals surface area contributed by atoms with E-state index >= 15 is 0 Å². The Kier molecular flexibility index (Phi) is 4.55. The van der Waals surface area contributed by atoms with Crippen molar-refractivity contribution in [3.63, 3.8) is 0 Å². The molecule has 0 amide bonds. The lowest BCUT2D eigenvalue weighted by Crippen LogP contribution is -2.25. The molecule has 2 unspecified atom stereocenters. The molecule has 3 aliphatic rings. The number of piperidine rings is 1. The number of nitrogens with one attached hydrogen (secondary N) is 1. The number of pyridine rings is 1. The Hall–Kier alpha value is -2.41. The Morgan fingerprint density at radius 2 is 2.14 bits per heavy atom. The van der Waals surface area contributed by atoms with Crippen LogP contribution in [-0.2, 0) is 0 Å². The third-order valence-corrected chi connectivity index (χ3v) is 6.16. The van der Waals surface area contributed by atoms with E-state index in [1.165, 1.54) is 5.57 Å². The van der Waals surface area contributed by atoms with Crippen molar-refractivity contribution in [2.24, 2.45) is 17.8 Å². The topological polar surface area (TPSA) is 76.3 Å². The minimum Gasteiger partial charge on any atom is -0.492 e. The molecule has 4 heterocycles. The molecule has 2 atom stereocenters. The quantitative estimate of drug-likeness (QED) is 0.824. The molecule has 0 radical (unpaired) electrons. The molecule has 148 valence electrons. The highest BCUT2D eigenvalue weighted by atomic mass is 16.5. The number of fused-ring (bicyclic) bond motifs is 1. The van der Waals surface area contributed by atoms with Gasteiger partial charge in [-0.3, -0.25) is 4.98 Å². The van der Waals surface area contributed by atoms with Gasteiger partial charge in [0.05, 0.1) is 18.5 Å². The lowest BCUT2D eigenvalue weighted by Gasteiger charge is -2.17. The van der Waals surface area contributed by atoms with Crippen molar-refractivity contribution in [1.82, 2.24) is 20.4 Å². The van der Waals surface area contributed by atoms with E-state index in [1.54, 1.807) is 0 Å². The second-order valence-corrected chi connectivity index (χ2v) is 8.36. The molecule has 1 saturated heterocycles. The zero-order chi connectivity index (χ0) is 19.1. The first-order valence-electron chi connectivity index (χ1n) is 10.3. The fourth-order valence-electron chi connectivity index (χ4n) is 4.35. The largest absolute Gasteiger partial charge is 0.492 e. The van der Waals surface area contributed by atoms with Gasteiger partial charge in [-0.25, -0.2) is 0 Å². The number of hydrogen-bond acceptors (Lipinski definition) is 7. The summed E-state index contributed by atoms with van der Waals surface area (Å²) in [5.41, 5.74) is 2.39. The average molecular weight is 381 g/mol. The normalized spacial score (nSPS) is 26.3. The molecule has 1 aliphatic carbocycles. The number of anilines is 1. The van der Waals surface area contributed by atoms with E-state index in [9.17, 15) is 0 Å². The van der Waals surface area contributed by atoms with E-state index in [0.29, 0.717) is 29.7 Å². The molecule has 2 aromatic heterocycles. The van der Waals surface area contributed by atoms with Crippen molar-refractivity contribution in [1.29, 1.82) is 0 Å². The summed E-state index contributed by atoms with van der Waals surface area (Å²) in [5.74, 6) is 3.89. The van der Waals surface area contributed by atoms with E-state index in [-0.39, 0.29) is 0 Å². The van der Waals surface area contributed by atoms with Gasteiger partial charge in [0.2, 0.25) is 0 Å². The van der Waals surface area contributed by atoms with E-state index in [2.05, 4.69) is 51.3 Å². The minimum atomic E-state index is 0.293. The zero-order valence-corrected chi connectivity index (χ0v) is 16.5. The van der Waals surface area contributed by atoms with Crippen molar-refractivity contribution < 1.29 is 9.26 Å². The summed E-state index contributed by atoms with van der Waals surface area (Å²) < 4.78 is 11.4. The van der Waals surface area contributed by atoms with Gasteiger partial charge in [0.15, 0.2) is 5.82 Å². The van der Waals surface area contributed by atoms with Crippen LogP contribution in [0.3, 0.4) is 0 Å². The smallest absolute Gasteiger partial charge is 0.324 e. The minimum absolute atomic E-state index is 0.293. The molecule has 5 rings (SSSR count). The molecule has 0 bridgehead atoms. The average Bonchev–Trinajstić information content (AvgIpc) is 3.12. The maximum atomic E-state index is 6.02. The van der Waals surface area contributed by atoms with Crippen molar-refractivity contribution in [3.05, 3.63) is 35.9 Å². The fourth-order valence-corrected chi connectivity index (χ4v) is 4.35. The number of hydrogen-bond donors (Lipinski definition) is 1. The molecule has 0 aromatic carbocycles. The highest BCUT2D eigenvalue weighted by Gasteiger charge is 2.56. The second-order valence-electron chi connectivity index (χ2n) is 8.36. The van der Waals surface area contributed by atoms with Crippen LogP contribution in [0.4, 0.5) is 6.01 Å². The summed E-state index contributed by atoms with van der Waals surface area (Å²) in [6, 6.07) is 4.79. The van der Waals surface area contributed by atoms with Crippen molar-refractivity contribution in [2.75, 3.05) is 37.7 Å². The van der Waals surface area contributed by atoms with Gasteiger partial charge in [-0.1, -0.05) is 25.1 Å². The Bertz CT molecular complexity index is 848. The summed E-state index contributed by atoms with van der Waals surface area (Å²) in [6.45, 7) is 8.84. The third-order valence-electron chi connectivity index (χ3n) is 6.16. The van der Waals surface area contributed by atoms with Crippen molar-refractivity contribution in [3.8, 4) is 5.75 Å². The van der Waals surface area contributed by atoms with Gasteiger partial charge >= 0.3 is 6.01 Å². The number of rotatable bonds is 6. The molecular formula is C21H27N5O2. The summed E-state index contributed by atoms with van der Waals surface area (Å²) in [5, 5.41) is 7.40. The first kappa shape index (κ1) is 17.7. The Labute approximate surface area is 165 Å². The molecular weight excluding hydrogens is 354 g/mol.